The Morgan fingerprint density at radius 2 is 2.41 bits per heavy atom. The van der Waals surface area contributed by atoms with E-state index in [2.05, 4.69) is 19.8 Å². The molecule has 8 nitrogen and oxygen atoms in total. The fraction of sp³-hybridized carbons (Fsp3) is 0.250. The zero-order valence-corrected chi connectivity index (χ0v) is 9.27. The van der Waals surface area contributed by atoms with Gasteiger partial charge >= 0.3 is 5.97 Å². The predicted molar refractivity (Wildman–Crippen MR) is 57.6 cm³/mol. The smallest absolute Gasteiger partial charge is 0.343 e. The molecule has 0 aliphatic carbocycles. The first-order valence-electron chi connectivity index (χ1n) is 4.73. The molecule has 9 heteroatoms. The van der Waals surface area contributed by atoms with Gasteiger partial charge < -0.3 is 15.4 Å². The van der Waals surface area contributed by atoms with E-state index in [4.69, 9.17) is 10.8 Å². The molecule has 0 saturated heterocycles. The third-order valence-electron chi connectivity index (χ3n) is 2.32. The number of aromatic carboxylic acids is 1. The van der Waals surface area contributed by atoms with Crippen LogP contribution in [0.15, 0.2) is 9.68 Å². The maximum atomic E-state index is 11.0. The lowest BCUT2D eigenvalue weighted by atomic mass is 10.2. The van der Waals surface area contributed by atoms with Crippen molar-refractivity contribution in [2.75, 3.05) is 11.5 Å². The van der Waals surface area contributed by atoms with Crippen LogP contribution in [0.25, 0.3) is 11.5 Å². The van der Waals surface area contributed by atoms with Gasteiger partial charge in [-0.1, -0.05) is 16.9 Å². The van der Waals surface area contributed by atoms with Gasteiger partial charge in [0.1, 0.15) is 0 Å². The normalized spacial score (nSPS) is 13.9. The van der Waals surface area contributed by atoms with Crippen molar-refractivity contribution in [3.8, 4) is 11.5 Å². The van der Waals surface area contributed by atoms with E-state index in [-0.39, 0.29) is 23.0 Å². The predicted octanol–water partition coefficient (Wildman–Crippen LogP) is 0.319. The molecule has 3 N–H and O–H groups in total. The summed E-state index contributed by atoms with van der Waals surface area (Å²) >= 11 is 1.56. The third kappa shape index (κ3) is 1.46. The summed E-state index contributed by atoms with van der Waals surface area (Å²) in [4.78, 5) is 15.2. The second kappa shape index (κ2) is 3.48. The van der Waals surface area contributed by atoms with Crippen molar-refractivity contribution in [2.45, 2.75) is 11.7 Å². The SMILES string of the molecule is Nc1onc(-c2nc3n(n2)CCS3)c1C(=O)O. The number of carboxylic acid groups (broad SMARTS) is 1. The molecule has 0 saturated carbocycles. The van der Waals surface area contributed by atoms with Gasteiger partial charge in [0.2, 0.25) is 11.7 Å². The maximum Gasteiger partial charge on any atom is 0.343 e. The number of fused-ring (bicyclic) bond motifs is 1. The standard InChI is InChI=1S/C8H7N5O3S/c9-5-3(7(14)15)4(12-16-5)6-10-8-13(11-6)1-2-17-8/h1-2,9H2,(H,14,15). The number of thioether (sulfide) groups is 1. The Bertz CT molecular complexity index is 583. The first-order chi connectivity index (χ1) is 8.16. The molecule has 0 bridgehead atoms. The van der Waals surface area contributed by atoms with Crippen LogP contribution in [0.2, 0.25) is 0 Å². The van der Waals surface area contributed by atoms with Gasteiger partial charge in [0.25, 0.3) is 0 Å². The summed E-state index contributed by atoms with van der Waals surface area (Å²) in [7, 11) is 0. The highest BCUT2D eigenvalue weighted by molar-refractivity contribution is 7.99. The van der Waals surface area contributed by atoms with Crippen LogP contribution in [0.1, 0.15) is 10.4 Å². The molecule has 0 spiro atoms. The van der Waals surface area contributed by atoms with Crippen LogP contribution in [0, 0.1) is 0 Å². The van der Waals surface area contributed by atoms with Gasteiger partial charge in [-0.05, 0) is 0 Å². The van der Waals surface area contributed by atoms with Gasteiger partial charge in [0, 0.05) is 5.75 Å². The van der Waals surface area contributed by atoms with Crippen molar-refractivity contribution >= 4 is 23.6 Å². The van der Waals surface area contributed by atoms with E-state index in [1.807, 2.05) is 0 Å². The van der Waals surface area contributed by atoms with E-state index in [1.54, 1.807) is 16.4 Å². The zero-order chi connectivity index (χ0) is 12.0. The fourth-order valence-corrected chi connectivity index (χ4v) is 2.44. The van der Waals surface area contributed by atoms with E-state index < -0.39 is 5.97 Å². The summed E-state index contributed by atoms with van der Waals surface area (Å²) in [5.74, 6) is -0.302. The average molecular weight is 253 g/mol. The minimum absolute atomic E-state index is 0.0671. The molecule has 0 radical (unpaired) electrons. The molecule has 0 amide bonds. The average Bonchev–Trinajstić information content (AvgIpc) is 2.88. The minimum atomic E-state index is -1.21. The summed E-state index contributed by atoms with van der Waals surface area (Å²) in [5, 5.41) is 17.5. The maximum absolute atomic E-state index is 11.0. The van der Waals surface area contributed by atoms with Crippen molar-refractivity contribution in [3.05, 3.63) is 5.56 Å². The first-order valence-corrected chi connectivity index (χ1v) is 5.72. The van der Waals surface area contributed by atoms with Gasteiger partial charge in [-0.3, -0.25) is 0 Å². The zero-order valence-electron chi connectivity index (χ0n) is 8.45. The van der Waals surface area contributed by atoms with E-state index in [0.29, 0.717) is 0 Å². The molecule has 2 aromatic rings. The van der Waals surface area contributed by atoms with E-state index >= 15 is 0 Å². The lowest BCUT2D eigenvalue weighted by Gasteiger charge is -1.92. The summed E-state index contributed by atoms with van der Waals surface area (Å²) in [5.41, 5.74) is 5.27. The van der Waals surface area contributed by atoms with Gasteiger partial charge in [0.15, 0.2) is 16.4 Å². The Balaban J connectivity index is 2.12. The van der Waals surface area contributed by atoms with Crippen LogP contribution in [0.4, 0.5) is 5.88 Å². The Kier molecular flexibility index (Phi) is 2.08. The Labute approximate surface area is 98.8 Å². The van der Waals surface area contributed by atoms with Gasteiger partial charge in [-0.2, -0.15) is 4.98 Å². The number of carboxylic acids is 1. The third-order valence-corrected chi connectivity index (χ3v) is 3.26. The number of carbonyl (C=O) groups is 1. The molecule has 1 aliphatic heterocycles. The summed E-state index contributed by atoms with van der Waals surface area (Å²) in [6.45, 7) is 0.753. The quantitative estimate of drug-likeness (QED) is 0.784. The molecule has 0 atom stereocenters. The number of aryl methyl sites for hydroxylation is 1. The molecule has 3 rings (SSSR count). The van der Waals surface area contributed by atoms with Crippen LogP contribution in [0.5, 0.6) is 0 Å². The molecule has 3 heterocycles. The number of hydrogen-bond acceptors (Lipinski definition) is 7. The lowest BCUT2D eigenvalue weighted by molar-refractivity contribution is 0.0698. The molecule has 1 aliphatic rings. The van der Waals surface area contributed by atoms with Crippen molar-refractivity contribution < 1.29 is 14.4 Å². The van der Waals surface area contributed by atoms with E-state index in [1.165, 1.54) is 0 Å². The lowest BCUT2D eigenvalue weighted by Crippen LogP contribution is -2.02. The van der Waals surface area contributed by atoms with Crippen LogP contribution in [-0.2, 0) is 6.54 Å². The van der Waals surface area contributed by atoms with Gasteiger partial charge in [-0.25, -0.2) is 9.48 Å². The highest BCUT2D eigenvalue weighted by Gasteiger charge is 2.27. The topological polar surface area (TPSA) is 120 Å². The monoisotopic (exact) mass is 253 g/mol. The summed E-state index contributed by atoms with van der Waals surface area (Å²) < 4.78 is 6.37. The molecule has 2 aromatic heterocycles. The first kappa shape index (κ1) is 10.1. The Morgan fingerprint density at radius 3 is 3.12 bits per heavy atom. The molecular weight excluding hydrogens is 246 g/mol. The van der Waals surface area contributed by atoms with Crippen LogP contribution in [-0.4, -0.2) is 36.7 Å². The summed E-state index contributed by atoms with van der Waals surface area (Å²) in [6.07, 6.45) is 0. The molecule has 88 valence electrons. The number of aromatic nitrogens is 4. The number of nitrogen functional groups attached to an aromatic ring is 1. The molecule has 0 aromatic carbocycles. The second-order valence-electron chi connectivity index (χ2n) is 3.37. The number of rotatable bonds is 2. The number of anilines is 1. The fourth-order valence-electron chi connectivity index (χ4n) is 1.57. The van der Waals surface area contributed by atoms with Gasteiger partial charge in [-0.15, -0.1) is 5.10 Å². The van der Waals surface area contributed by atoms with E-state index in [0.717, 1.165) is 17.5 Å². The van der Waals surface area contributed by atoms with Crippen LogP contribution in [0.3, 0.4) is 0 Å². The largest absolute Gasteiger partial charge is 0.477 e. The highest BCUT2D eigenvalue weighted by atomic mass is 32.2. The second-order valence-corrected chi connectivity index (χ2v) is 4.43. The Hall–Kier alpha value is -2.03. The number of nitrogens with zero attached hydrogens (tertiary/aromatic N) is 4. The van der Waals surface area contributed by atoms with Crippen molar-refractivity contribution in [3.63, 3.8) is 0 Å². The Morgan fingerprint density at radius 1 is 1.59 bits per heavy atom. The van der Waals surface area contributed by atoms with Crippen molar-refractivity contribution in [2.24, 2.45) is 0 Å². The van der Waals surface area contributed by atoms with Gasteiger partial charge in [0.05, 0.1) is 6.54 Å². The molecule has 17 heavy (non-hydrogen) atoms. The minimum Gasteiger partial charge on any atom is -0.477 e. The molecule has 0 unspecified atom stereocenters. The van der Waals surface area contributed by atoms with Crippen molar-refractivity contribution in [1.29, 1.82) is 0 Å². The van der Waals surface area contributed by atoms with Crippen LogP contribution >= 0.6 is 11.8 Å². The van der Waals surface area contributed by atoms with Crippen LogP contribution < -0.4 is 5.73 Å². The number of nitrogens with two attached hydrogens (primary N) is 1. The molecule has 0 fully saturated rings. The van der Waals surface area contributed by atoms with Crippen molar-refractivity contribution in [1.82, 2.24) is 19.9 Å². The highest BCUT2D eigenvalue weighted by Crippen LogP contribution is 2.29. The van der Waals surface area contributed by atoms with E-state index in [9.17, 15) is 4.79 Å². The summed E-state index contributed by atoms with van der Waals surface area (Å²) in [6, 6.07) is 0. The number of hydrogen-bond donors (Lipinski definition) is 2. The molecular formula is C8H7N5O3S.